The lowest BCUT2D eigenvalue weighted by atomic mass is 9.99. The molecule has 0 saturated heterocycles. The normalized spacial score (nSPS) is 12.0. The van der Waals surface area contributed by atoms with Crippen LogP contribution in [0.4, 0.5) is 4.39 Å². The molecular formula is C16H17ClFNO2. The number of ether oxygens (including phenoxy) is 2. The summed E-state index contributed by atoms with van der Waals surface area (Å²) in [7, 11) is 3.09. The third-order valence-corrected chi connectivity index (χ3v) is 3.57. The van der Waals surface area contributed by atoms with Crippen LogP contribution in [0, 0.1) is 5.82 Å². The van der Waals surface area contributed by atoms with Gasteiger partial charge < -0.3 is 15.2 Å². The van der Waals surface area contributed by atoms with Gasteiger partial charge in [-0.2, -0.15) is 0 Å². The summed E-state index contributed by atoms with van der Waals surface area (Å²) in [6, 6.07) is 9.42. The van der Waals surface area contributed by atoms with Gasteiger partial charge in [-0.3, -0.25) is 0 Å². The first kappa shape index (κ1) is 15.6. The average molecular weight is 310 g/mol. The molecule has 0 bridgehead atoms. The molecule has 0 spiro atoms. The van der Waals surface area contributed by atoms with Crippen LogP contribution in [-0.4, -0.2) is 14.2 Å². The maximum Gasteiger partial charge on any atom is 0.162 e. The summed E-state index contributed by atoms with van der Waals surface area (Å²) >= 11 is 6.24. The number of benzene rings is 2. The molecule has 0 radical (unpaired) electrons. The number of halogens is 2. The molecule has 0 amide bonds. The Hall–Kier alpha value is -1.78. The number of hydrogen-bond acceptors (Lipinski definition) is 3. The fourth-order valence-electron chi connectivity index (χ4n) is 2.18. The Bertz CT molecular complexity index is 634. The van der Waals surface area contributed by atoms with Gasteiger partial charge in [0.25, 0.3) is 0 Å². The van der Waals surface area contributed by atoms with Crippen LogP contribution in [0.25, 0.3) is 0 Å². The van der Waals surface area contributed by atoms with Gasteiger partial charge in [0, 0.05) is 17.1 Å². The van der Waals surface area contributed by atoms with Crippen molar-refractivity contribution < 1.29 is 13.9 Å². The van der Waals surface area contributed by atoms with Crippen LogP contribution >= 0.6 is 11.6 Å². The molecule has 0 saturated carbocycles. The summed E-state index contributed by atoms with van der Waals surface area (Å²) in [6.07, 6.45) is 0.479. The van der Waals surface area contributed by atoms with E-state index in [0.717, 1.165) is 11.1 Å². The van der Waals surface area contributed by atoms with Gasteiger partial charge >= 0.3 is 0 Å². The van der Waals surface area contributed by atoms with Crippen LogP contribution in [0.3, 0.4) is 0 Å². The van der Waals surface area contributed by atoms with E-state index < -0.39 is 0 Å². The molecule has 2 aromatic rings. The highest BCUT2D eigenvalue weighted by Gasteiger charge is 2.16. The van der Waals surface area contributed by atoms with Gasteiger partial charge in [-0.1, -0.05) is 23.7 Å². The first-order chi connectivity index (χ1) is 10.0. The second kappa shape index (κ2) is 6.78. The quantitative estimate of drug-likeness (QED) is 0.915. The van der Waals surface area contributed by atoms with Crippen molar-refractivity contribution in [2.45, 2.75) is 12.5 Å². The van der Waals surface area contributed by atoms with E-state index in [1.165, 1.54) is 12.1 Å². The van der Waals surface area contributed by atoms with Crippen LogP contribution in [0.2, 0.25) is 5.02 Å². The first-order valence-corrected chi connectivity index (χ1v) is 6.84. The molecule has 0 aromatic heterocycles. The molecule has 112 valence electrons. The van der Waals surface area contributed by atoms with Gasteiger partial charge in [-0.05, 0) is 35.7 Å². The van der Waals surface area contributed by atoms with Gasteiger partial charge in [-0.25, -0.2) is 4.39 Å². The van der Waals surface area contributed by atoms with E-state index in [4.69, 9.17) is 26.8 Å². The molecule has 0 aliphatic carbocycles. The minimum Gasteiger partial charge on any atom is -0.493 e. The zero-order valence-corrected chi connectivity index (χ0v) is 12.7. The fraction of sp³-hybridized carbons (Fsp3) is 0.250. The summed E-state index contributed by atoms with van der Waals surface area (Å²) in [6.45, 7) is 0. The second-order valence-electron chi connectivity index (χ2n) is 4.67. The molecule has 2 N–H and O–H groups in total. The second-order valence-corrected chi connectivity index (χ2v) is 5.08. The number of hydrogen-bond donors (Lipinski definition) is 1. The van der Waals surface area contributed by atoms with Crippen molar-refractivity contribution in [3.05, 3.63) is 58.4 Å². The summed E-state index contributed by atoms with van der Waals surface area (Å²) in [5.41, 5.74) is 7.74. The lowest BCUT2D eigenvalue weighted by molar-refractivity contribution is 0.354. The lowest BCUT2D eigenvalue weighted by Crippen LogP contribution is -2.14. The Morgan fingerprint density at radius 3 is 2.43 bits per heavy atom. The Morgan fingerprint density at radius 2 is 1.81 bits per heavy atom. The minimum absolute atomic E-state index is 0.280. The monoisotopic (exact) mass is 309 g/mol. The molecular weight excluding hydrogens is 293 g/mol. The molecule has 0 aliphatic heterocycles. The number of methoxy groups -OCH3 is 2. The first-order valence-electron chi connectivity index (χ1n) is 6.46. The lowest BCUT2D eigenvalue weighted by Gasteiger charge is -2.17. The largest absolute Gasteiger partial charge is 0.493 e. The fourth-order valence-corrected chi connectivity index (χ4v) is 2.48. The molecule has 2 aromatic carbocycles. The molecule has 1 unspecified atom stereocenters. The van der Waals surface area contributed by atoms with E-state index in [1.807, 2.05) is 6.07 Å². The van der Waals surface area contributed by atoms with Gasteiger partial charge in [0.1, 0.15) is 5.82 Å². The SMILES string of the molecule is COc1cc(Cl)c(C(N)Cc2cccc(F)c2)cc1OC. The van der Waals surface area contributed by atoms with E-state index in [-0.39, 0.29) is 11.9 Å². The van der Waals surface area contributed by atoms with Crippen LogP contribution in [-0.2, 0) is 6.42 Å². The van der Waals surface area contributed by atoms with Crippen molar-refractivity contribution in [2.24, 2.45) is 5.73 Å². The van der Waals surface area contributed by atoms with Crippen LogP contribution < -0.4 is 15.2 Å². The highest BCUT2D eigenvalue weighted by atomic mass is 35.5. The number of nitrogens with two attached hydrogens (primary N) is 1. The van der Waals surface area contributed by atoms with Crippen LogP contribution in [0.5, 0.6) is 11.5 Å². The smallest absolute Gasteiger partial charge is 0.162 e. The predicted molar refractivity (Wildman–Crippen MR) is 81.6 cm³/mol. The van der Waals surface area contributed by atoms with E-state index in [9.17, 15) is 4.39 Å². The molecule has 0 fully saturated rings. The van der Waals surface area contributed by atoms with Gasteiger partial charge in [0.2, 0.25) is 0 Å². The van der Waals surface area contributed by atoms with Crippen LogP contribution in [0.1, 0.15) is 17.2 Å². The molecule has 0 heterocycles. The molecule has 2 rings (SSSR count). The molecule has 1 atom stereocenters. The van der Waals surface area contributed by atoms with Crippen molar-refractivity contribution in [2.75, 3.05) is 14.2 Å². The number of rotatable bonds is 5. The highest BCUT2D eigenvalue weighted by molar-refractivity contribution is 6.31. The topological polar surface area (TPSA) is 44.5 Å². The Labute approximate surface area is 128 Å². The van der Waals surface area contributed by atoms with Gasteiger partial charge in [-0.15, -0.1) is 0 Å². The Morgan fingerprint density at radius 1 is 1.14 bits per heavy atom. The van der Waals surface area contributed by atoms with E-state index in [1.54, 1.807) is 32.4 Å². The maximum absolute atomic E-state index is 13.2. The molecule has 3 nitrogen and oxygen atoms in total. The third-order valence-electron chi connectivity index (χ3n) is 3.25. The van der Waals surface area contributed by atoms with Crippen molar-refractivity contribution in [3.63, 3.8) is 0 Å². The van der Waals surface area contributed by atoms with Crippen LogP contribution in [0.15, 0.2) is 36.4 Å². The maximum atomic E-state index is 13.2. The summed E-state index contributed by atoms with van der Waals surface area (Å²) in [5, 5.41) is 0.497. The molecule has 0 aliphatic rings. The standard InChI is InChI=1S/C16H17ClFNO2/c1-20-15-8-12(13(17)9-16(15)21-2)14(19)7-10-4-3-5-11(18)6-10/h3-6,8-9,14H,7,19H2,1-2H3. The highest BCUT2D eigenvalue weighted by Crippen LogP contribution is 2.36. The third kappa shape index (κ3) is 3.65. The van der Waals surface area contributed by atoms with Crippen molar-refractivity contribution in [1.82, 2.24) is 0 Å². The Kier molecular flexibility index (Phi) is 5.04. The zero-order chi connectivity index (χ0) is 15.4. The van der Waals surface area contributed by atoms with Crippen molar-refractivity contribution in [3.8, 4) is 11.5 Å². The van der Waals surface area contributed by atoms with Crippen molar-refractivity contribution in [1.29, 1.82) is 0 Å². The van der Waals surface area contributed by atoms with Gasteiger partial charge in [0.15, 0.2) is 11.5 Å². The Balaban J connectivity index is 2.28. The average Bonchev–Trinajstić information content (AvgIpc) is 2.46. The van der Waals surface area contributed by atoms with E-state index in [2.05, 4.69) is 0 Å². The zero-order valence-electron chi connectivity index (χ0n) is 11.9. The van der Waals surface area contributed by atoms with Crippen molar-refractivity contribution >= 4 is 11.6 Å². The summed E-state index contributed by atoms with van der Waals surface area (Å²) in [5.74, 6) is 0.828. The van der Waals surface area contributed by atoms with E-state index in [0.29, 0.717) is 22.9 Å². The minimum atomic E-state index is -0.362. The summed E-state index contributed by atoms with van der Waals surface area (Å²) in [4.78, 5) is 0. The van der Waals surface area contributed by atoms with Gasteiger partial charge in [0.05, 0.1) is 14.2 Å². The van der Waals surface area contributed by atoms with E-state index >= 15 is 0 Å². The predicted octanol–water partition coefficient (Wildman–Crippen LogP) is 3.74. The molecule has 21 heavy (non-hydrogen) atoms. The molecule has 5 heteroatoms. The summed E-state index contributed by atoms with van der Waals surface area (Å²) < 4.78 is 23.7.